The molecule has 4 aliphatic carbocycles. The van der Waals surface area contributed by atoms with Gasteiger partial charge < -0.3 is 9.47 Å². The van der Waals surface area contributed by atoms with Gasteiger partial charge in [0.1, 0.15) is 0 Å². The molecule has 8 rings (SSSR count). The number of nitrogens with zero attached hydrogens (tertiary/aromatic N) is 4. The zero-order valence-electron chi connectivity index (χ0n) is 16.8. The van der Waals surface area contributed by atoms with Crippen LogP contribution >= 0.6 is 0 Å². The van der Waals surface area contributed by atoms with Gasteiger partial charge >= 0.3 is 0 Å². The van der Waals surface area contributed by atoms with Crippen LogP contribution in [0, 0.1) is 30.6 Å². The van der Waals surface area contributed by atoms with Crippen molar-refractivity contribution < 1.29 is 0 Å². The third kappa shape index (κ3) is 1.64. The maximum Gasteiger partial charge on any atom is 0.214 e. The van der Waals surface area contributed by atoms with E-state index >= 15 is 0 Å². The molecule has 0 N–H and O–H groups in total. The summed E-state index contributed by atoms with van der Waals surface area (Å²) in [5.41, 5.74) is 6.05. The molecule has 3 aromatic rings. The van der Waals surface area contributed by atoms with Gasteiger partial charge in [-0.1, -0.05) is 18.2 Å². The molecule has 4 heteroatoms. The van der Waals surface area contributed by atoms with E-state index in [9.17, 15) is 0 Å². The molecule has 0 atom stereocenters. The number of hydrogen-bond donors (Lipinski definition) is 0. The van der Waals surface area contributed by atoms with Crippen LogP contribution in [0.15, 0.2) is 36.7 Å². The lowest BCUT2D eigenvalue weighted by Crippen LogP contribution is -2.62. The zero-order chi connectivity index (χ0) is 18.6. The Labute approximate surface area is 166 Å². The summed E-state index contributed by atoms with van der Waals surface area (Å²) in [7, 11) is 2.21. The topological polar surface area (TPSA) is 25.5 Å². The van der Waals surface area contributed by atoms with Gasteiger partial charge in [0.2, 0.25) is 5.78 Å². The largest absolute Gasteiger partial charge is 0.354 e. The van der Waals surface area contributed by atoms with Crippen LogP contribution < -0.4 is 4.90 Å². The average molecular weight is 373 g/mol. The molecule has 144 valence electrons. The summed E-state index contributed by atoms with van der Waals surface area (Å²) in [5.74, 6) is 4.61. The van der Waals surface area contributed by atoms with Gasteiger partial charge in [0.25, 0.3) is 0 Å². The van der Waals surface area contributed by atoms with E-state index in [0.717, 1.165) is 36.0 Å². The molecule has 4 bridgehead atoms. The number of anilines is 1. The number of para-hydroxylation sites is 1. The van der Waals surface area contributed by atoms with Crippen molar-refractivity contribution in [1.29, 1.82) is 0 Å². The summed E-state index contributed by atoms with van der Waals surface area (Å²) < 4.78 is 4.80. The van der Waals surface area contributed by atoms with Gasteiger partial charge in [-0.2, -0.15) is 0 Å². The highest BCUT2D eigenvalue weighted by atomic mass is 15.3. The molecule has 5 aliphatic rings. The number of imidazole rings is 2. The summed E-state index contributed by atoms with van der Waals surface area (Å²) in [4.78, 5) is 7.53. The SMILES string of the molecule is Cc1ccccc1N1Cc2c(n3ccnc3n2C)C12C1CC3CC(C1)CC2C3. The molecule has 0 radical (unpaired) electrons. The number of aromatic nitrogens is 3. The van der Waals surface area contributed by atoms with Crippen molar-refractivity contribution in [2.24, 2.45) is 30.7 Å². The van der Waals surface area contributed by atoms with Crippen LogP contribution in [0.4, 0.5) is 5.69 Å². The monoisotopic (exact) mass is 372 g/mol. The van der Waals surface area contributed by atoms with Gasteiger partial charge in [0.05, 0.1) is 23.5 Å². The molecule has 1 aromatic carbocycles. The van der Waals surface area contributed by atoms with Crippen LogP contribution in [0.5, 0.6) is 0 Å². The number of fused-ring (bicyclic) bond motifs is 3. The highest BCUT2D eigenvalue weighted by Gasteiger charge is 2.65. The summed E-state index contributed by atoms with van der Waals surface area (Å²) in [5, 5.41) is 0. The Bertz CT molecular complexity index is 1080. The van der Waals surface area contributed by atoms with Crippen LogP contribution in [-0.4, -0.2) is 14.0 Å². The number of rotatable bonds is 1. The first kappa shape index (κ1) is 15.7. The lowest BCUT2D eigenvalue weighted by Gasteiger charge is -2.63. The second-order valence-electron chi connectivity index (χ2n) is 9.95. The van der Waals surface area contributed by atoms with Crippen molar-refractivity contribution in [2.75, 3.05) is 4.90 Å². The first-order valence-electron chi connectivity index (χ1n) is 11.0. The summed E-state index contributed by atoms with van der Waals surface area (Å²) in [6.45, 7) is 3.30. The van der Waals surface area contributed by atoms with Gasteiger partial charge in [-0.15, -0.1) is 0 Å². The zero-order valence-corrected chi connectivity index (χ0v) is 16.8. The highest BCUT2D eigenvalue weighted by molar-refractivity contribution is 5.63. The lowest BCUT2D eigenvalue weighted by atomic mass is 9.47. The standard InChI is InChI=1S/C24H28N4/c1-15-5-3-4-6-20(15)28-14-21-22(27-8-7-25-23(27)26(21)2)24(28)18-10-16-9-17(12-18)13-19(24)11-16/h3-8,16-19H,9-14H2,1-2H3. The maximum absolute atomic E-state index is 4.70. The molecule has 4 fully saturated rings. The minimum Gasteiger partial charge on any atom is -0.354 e. The minimum atomic E-state index is 0.148. The number of aryl methyl sites for hydroxylation is 2. The third-order valence-corrected chi connectivity index (χ3v) is 8.76. The van der Waals surface area contributed by atoms with Crippen LogP contribution in [0.3, 0.4) is 0 Å². The van der Waals surface area contributed by atoms with Crippen molar-refractivity contribution in [3.63, 3.8) is 0 Å². The molecule has 28 heavy (non-hydrogen) atoms. The fourth-order valence-corrected chi connectivity index (χ4v) is 8.03. The molecule has 1 spiro atoms. The Kier molecular flexibility index (Phi) is 2.81. The van der Waals surface area contributed by atoms with E-state index in [4.69, 9.17) is 4.98 Å². The van der Waals surface area contributed by atoms with Crippen molar-refractivity contribution in [1.82, 2.24) is 14.0 Å². The predicted octanol–water partition coefficient (Wildman–Crippen LogP) is 4.65. The van der Waals surface area contributed by atoms with E-state index in [2.05, 4.69) is 58.3 Å². The van der Waals surface area contributed by atoms with Crippen LogP contribution in [-0.2, 0) is 19.1 Å². The van der Waals surface area contributed by atoms with E-state index in [0.29, 0.717) is 0 Å². The lowest BCUT2D eigenvalue weighted by molar-refractivity contribution is -0.0608. The van der Waals surface area contributed by atoms with Gasteiger partial charge in [-0.05, 0) is 74.3 Å². The van der Waals surface area contributed by atoms with Gasteiger partial charge in [-0.25, -0.2) is 4.98 Å². The van der Waals surface area contributed by atoms with Crippen molar-refractivity contribution >= 4 is 11.5 Å². The van der Waals surface area contributed by atoms with Crippen LogP contribution in [0.1, 0.15) is 49.1 Å². The Hall–Kier alpha value is -2.23. The summed E-state index contributed by atoms with van der Waals surface area (Å²) in [6.07, 6.45) is 11.4. The van der Waals surface area contributed by atoms with Gasteiger partial charge in [-0.3, -0.25) is 4.40 Å². The Morgan fingerprint density at radius 2 is 1.71 bits per heavy atom. The van der Waals surface area contributed by atoms with Gasteiger partial charge in [0.15, 0.2) is 0 Å². The maximum atomic E-state index is 4.70. The molecule has 2 aromatic heterocycles. The molecule has 4 nitrogen and oxygen atoms in total. The summed E-state index contributed by atoms with van der Waals surface area (Å²) in [6, 6.07) is 9.05. The van der Waals surface area contributed by atoms with Crippen molar-refractivity contribution in [3.05, 3.63) is 53.6 Å². The van der Waals surface area contributed by atoms with E-state index < -0.39 is 0 Å². The van der Waals surface area contributed by atoms with Crippen molar-refractivity contribution in [3.8, 4) is 0 Å². The normalized spacial score (nSPS) is 35.4. The predicted molar refractivity (Wildman–Crippen MR) is 110 cm³/mol. The van der Waals surface area contributed by atoms with Gasteiger partial charge in [0, 0.05) is 25.1 Å². The van der Waals surface area contributed by atoms with Crippen LogP contribution in [0.2, 0.25) is 0 Å². The number of hydrogen-bond acceptors (Lipinski definition) is 2. The Morgan fingerprint density at radius 1 is 1.00 bits per heavy atom. The van der Waals surface area contributed by atoms with E-state index in [1.54, 1.807) is 5.69 Å². The average Bonchev–Trinajstić information content (AvgIpc) is 3.34. The Morgan fingerprint density at radius 3 is 2.43 bits per heavy atom. The van der Waals surface area contributed by atoms with E-state index in [1.807, 2.05) is 6.20 Å². The molecule has 1 aliphatic heterocycles. The highest BCUT2D eigenvalue weighted by Crippen LogP contribution is 2.67. The quantitative estimate of drug-likeness (QED) is 0.621. The number of benzene rings is 1. The molecule has 0 saturated heterocycles. The first-order chi connectivity index (χ1) is 13.7. The molecular formula is C24H28N4. The molecule has 4 saturated carbocycles. The molecule has 0 amide bonds. The molecule has 0 unspecified atom stereocenters. The van der Waals surface area contributed by atoms with E-state index in [1.165, 1.54) is 49.0 Å². The van der Waals surface area contributed by atoms with Crippen molar-refractivity contribution in [2.45, 2.75) is 51.1 Å². The fourth-order valence-electron chi connectivity index (χ4n) is 8.03. The second-order valence-corrected chi connectivity index (χ2v) is 9.95. The van der Waals surface area contributed by atoms with Crippen LogP contribution in [0.25, 0.3) is 5.78 Å². The minimum absolute atomic E-state index is 0.148. The van der Waals surface area contributed by atoms with E-state index in [-0.39, 0.29) is 5.54 Å². The Balaban J connectivity index is 1.54. The second kappa shape index (κ2) is 5.03. The molecule has 3 heterocycles. The third-order valence-electron chi connectivity index (χ3n) is 8.76. The first-order valence-corrected chi connectivity index (χ1v) is 11.0. The molecular weight excluding hydrogens is 344 g/mol. The summed E-state index contributed by atoms with van der Waals surface area (Å²) >= 11 is 0. The fraction of sp³-hybridized carbons (Fsp3) is 0.542. The smallest absolute Gasteiger partial charge is 0.214 e.